The first-order valence-corrected chi connectivity index (χ1v) is 9.78. The van der Waals surface area contributed by atoms with E-state index in [1.54, 1.807) is 0 Å². The van der Waals surface area contributed by atoms with E-state index < -0.39 is 0 Å². The van der Waals surface area contributed by atoms with Crippen LogP contribution in [0.1, 0.15) is 71.6 Å². The van der Waals surface area contributed by atoms with Gasteiger partial charge in [0.05, 0.1) is 12.6 Å². The van der Waals surface area contributed by atoms with Crippen LogP contribution in [0.5, 0.6) is 0 Å². The van der Waals surface area contributed by atoms with Crippen LogP contribution in [-0.4, -0.2) is 48.2 Å². The molecule has 0 aromatic heterocycles. The maximum Gasteiger partial charge on any atom is 0.193 e. The third-order valence-electron chi connectivity index (χ3n) is 6.61. The molecule has 2 unspecified atom stereocenters. The van der Waals surface area contributed by atoms with Gasteiger partial charge in [-0.1, -0.05) is 32.6 Å². The van der Waals surface area contributed by atoms with Crippen molar-refractivity contribution >= 4 is 29.9 Å². The van der Waals surface area contributed by atoms with Gasteiger partial charge in [-0.15, -0.1) is 24.0 Å². The summed E-state index contributed by atoms with van der Waals surface area (Å²) in [5.41, 5.74) is 0.536. The highest BCUT2D eigenvalue weighted by atomic mass is 127. The van der Waals surface area contributed by atoms with Crippen LogP contribution in [0.3, 0.4) is 0 Å². The number of nitrogens with one attached hydrogen (secondary N) is 1. The predicted molar refractivity (Wildman–Crippen MR) is 111 cm³/mol. The molecule has 1 saturated heterocycles. The Bertz CT molecular complexity index is 436. The molecule has 0 amide bonds. The molecule has 2 aliphatic carbocycles. The molecule has 140 valence electrons. The van der Waals surface area contributed by atoms with Gasteiger partial charge in [-0.3, -0.25) is 4.99 Å². The molecule has 3 fully saturated rings. The number of hydrogen-bond donors (Lipinski definition) is 2. The van der Waals surface area contributed by atoms with Crippen LogP contribution in [0, 0.1) is 10.8 Å². The molecule has 3 rings (SSSR count). The SMILES string of the molecule is CCNC(=NCC1(C)CCCCC1O)N1CCC2(CCCC2)C1.I. The summed E-state index contributed by atoms with van der Waals surface area (Å²) < 4.78 is 0. The van der Waals surface area contributed by atoms with Crippen molar-refractivity contribution < 1.29 is 5.11 Å². The second kappa shape index (κ2) is 8.56. The first kappa shape index (κ1) is 20.3. The van der Waals surface area contributed by atoms with Crippen molar-refractivity contribution in [3.63, 3.8) is 0 Å². The molecule has 2 saturated carbocycles. The molecule has 0 aromatic rings. The van der Waals surface area contributed by atoms with E-state index in [2.05, 4.69) is 24.1 Å². The van der Waals surface area contributed by atoms with Gasteiger partial charge in [0, 0.05) is 25.0 Å². The second-order valence-corrected chi connectivity index (χ2v) is 8.46. The minimum absolute atomic E-state index is 0. The van der Waals surface area contributed by atoms with Crippen molar-refractivity contribution in [3.05, 3.63) is 0 Å². The van der Waals surface area contributed by atoms with Crippen LogP contribution in [0.15, 0.2) is 4.99 Å². The molecule has 0 aromatic carbocycles. The highest BCUT2D eigenvalue weighted by molar-refractivity contribution is 14.0. The number of halogens is 1. The molecule has 24 heavy (non-hydrogen) atoms. The number of guanidine groups is 1. The summed E-state index contributed by atoms with van der Waals surface area (Å²) in [6.07, 6.45) is 11.2. The minimum Gasteiger partial charge on any atom is -0.392 e. The topological polar surface area (TPSA) is 47.9 Å². The van der Waals surface area contributed by atoms with E-state index in [1.807, 2.05) is 0 Å². The standard InChI is InChI=1S/C19H35N3O.HI/c1-3-20-17(21-14-18(2)9-5-4-8-16(18)23)22-13-12-19(15-22)10-6-7-11-19;/h16,23H,3-15H2,1-2H3,(H,20,21);1H. The van der Waals surface area contributed by atoms with Gasteiger partial charge >= 0.3 is 0 Å². The lowest BCUT2D eigenvalue weighted by molar-refractivity contribution is 0.00704. The molecular formula is C19H36IN3O. The Hall–Kier alpha value is -0.0400. The lowest BCUT2D eigenvalue weighted by atomic mass is 9.73. The van der Waals surface area contributed by atoms with Crippen LogP contribution < -0.4 is 5.32 Å². The quantitative estimate of drug-likeness (QED) is 0.392. The van der Waals surface area contributed by atoms with Gasteiger partial charge in [0.25, 0.3) is 0 Å². The van der Waals surface area contributed by atoms with Gasteiger partial charge in [-0.05, 0) is 44.4 Å². The Morgan fingerprint density at radius 2 is 1.88 bits per heavy atom. The van der Waals surface area contributed by atoms with Gasteiger partial charge in [0.1, 0.15) is 0 Å². The number of aliphatic imine (C=N–C) groups is 1. The predicted octanol–water partition coefficient (Wildman–Crippen LogP) is 3.78. The first-order valence-electron chi connectivity index (χ1n) is 9.78. The summed E-state index contributed by atoms with van der Waals surface area (Å²) in [7, 11) is 0. The fourth-order valence-corrected chi connectivity index (χ4v) is 4.90. The molecule has 2 N–H and O–H groups in total. The third-order valence-corrected chi connectivity index (χ3v) is 6.61. The Kier molecular flexibility index (Phi) is 7.23. The van der Waals surface area contributed by atoms with E-state index in [4.69, 9.17) is 4.99 Å². The van der Waals surface area contributed by atoms with Crippen molar-refractivity contribution in [3.8, 4) is 0 Å². The van der Waals surface area contributed by atoms with Gasteiger partial charge in [-0.2, -0.15) is 0 Å². The van der Waals surface area contributed by atoms with Crippen LogP contribution in [-0.2, 0) is 0 Å². The smallest absolute Gasteiger partial charge is 0.193 e. The molecule has 2 atom stereocenters. The minimum atomic E-state index is -0.192. The Morgan fingerprint density at radius 3 is 2.54 bits per heavy atom. The number of nitrogens with zero attached hydrogens (tertiary/aromatic N) is 2. The fraction of sp³-hybridized carbons (Fsp3) is 0.947. The highest BCUT2D eigenvalue weighted by Gasteiger charge is 2.41. The van der Waals surface area contributed by atoms with Crippen molar-refractivity contribution in [2.45, 2.75) is 77.7 Å². The molecule has 1 heterocycles. The number of hydrogen-bond acceptors (Lipinski definition) is 2. The largest absolute Gasteiger partial charge is 0.392 e. The van der Waals surface area contributed by atoms with Gasteiger partial charge in [0.2, 0.25) is 0 Å². The zero-order chi connectivity index (χ0) is 16.3. The van der Waals surface area contributed by atoms with Crippen molar-refractivity contribution in [2.24, 2.45) is 15.8 Å². The molecular weight excluding hydrogens is 413 g/mol. The monoisotopic (exact) mass is 449 g/mol. The summed E-state index contributed by atoms with van der Waals surface area (Å²) >= 11 is 0. The highest BCUT2D eigenvalue weighted by Crippen LogP contribution is 2.45. The second-order valence-electron chi connectivity index (χ2n) is 8.46. The molecule has 0 radical (unpaired) electrons. The Morgan fingerprint density at radius 1 is 1.17 bits per heavy atom. The first-order chi connectivity index (χ1) is 11.1. The van der Waals surface area contributed by atoms with Crippen molar-refractivity contribution in [1.29, 1.82) is 0 Å². The van der Waals surface area contributed by atoms with E-state index in [1.165, 1.54) is 45.1 Å². The summed E-state index contributed by atoms with van der Waals surface area (Å²) in [5.74, 6) is 1.08. The maximum atomic E-state index is 10.4. The summed E-state index contributed by atoms with van der Waals surface area (Å²) in [6, 6.07) is 0. The Balaban J connectivity index is 0.00000208. The average Bonchev–Trinajstić information content (AvgIpc) is 3.17. The van der Waals surface area contributed by atoms with E-state index in [-0.39, 0.29) is 35.5 Å². The van der Waals surface area contributed by atoms with E-state index in [9.17, 15) is 5.11 Å². The molecule has 0 bridgehead atoms. The van der Waals surface area contributed by atoms with Crippen molar-refractivity contribution in [1.82, 2.24) is 10.2 Å². The van der Waals surface area contributed by atoms with E-state index >= 15 is 0 Å². The zero-order valence-corrected chi connectivity index (χ0v) is 17.8. The number of likely N-dealkylation sites (tertiary alicyclic amines) is 1. The summed E-state index contributed by atoms with van der Waals surface area (Å²) in [4.78, 5) is 7.45. The normalized spacial score (nSPS) is 32.9. The third kappa shape index (κ3) is 4.37. The molecule has 1 aliphatic heterocycles. The molecule has 1 spiro atoms. The Labute approximate surface area is 164 Å². The van der Waals surface area contributed by atoms with Crippen LogP contribution in [0.4, 0.5) is 0 Å². The molecule has 4 nitrogen and oxygen atoms in total. The molecule has 5 heteroatoms. The van der Waals surface area contributed by atoms with Gasteiger partial charge < -0.3 is 15.3 Å². The van der Waals surface area contributed by atoms with Crippen molar-refractivity contribution in [2.75, 3.05) is 26.2 Å². The van der Waals surface area contributed by atoms with Crippen LogP contribution in [0.25, 0.3) is 0 Å². The van der Waals surface area contributed by atoms with Gasteiger partial charge in [-0.25, -0.2) is 0 Å². The number of aliphatic hydroxyl groups excluding tert-OH is 1. The number of rotatable bonds is 3. The van der Waals surface area contributed by atoms with E-state index in [0.717, 1.165) is 44.9 Å². The lowest BCUT2D eigenvalue weighted by Gasteiger charge is -2.37. The van der Waals surface area contributed by atoms with E-state index in [0.29, 0.717) is 5.41 Å². The van der Waals surface area contributed by atoms with Crippen LogP contribution >= 0.6 is 24.0 Å². The van der Waals surface area contributed by atoms with Gasteiger partial charge in [0.15, 0.2) is 5.96 Å². The lowest BCUT2D eigenvalue weighted by Crippen LogP contribution is -2.43. The average molecular weight is 449 g/mol. The van der Waals surface area contributed by atoms with Crippen LogP contribution in [0.2, 0.25) is 0 Å². The summed E-state index contributed by atoms with van der Waals surface area (Å²) in [6.45, 7) is 8.35. The zero-order valence-electron chi connectivity index (χ0n) is 15.5. The summed E-state index contributed by atoms with van der Waals surface area (Å²) in [5, 5.41) is 13.9. The molecule has 3 aliphatic rings. The maximum absolute atomic E-state index is 10.4. The number of aliphatic hydroxyl groups is 1. The fourth-order valence-electron chi connectivity index (χ4n) is 4.90.